The van der Waals surface area contributed by atoms with Crippen LogP contribution in [-0.2, 0) is 9.53 Å². The molecule has 1 N–H and O–H groups in total. The smallest absolute Gasteiger partial charge is 0.409 e. The van der Waals surface area contributed by atoms with E-state index in [1.54, 1.807) is 11.8 Å². The summed E-state index contributed by atoms with van der Waals surface area (Å²) in [5.41, 5.74) is 1.69. The normalized spacial score (nSPS) is 14.6. The van der Waals surface area contributed by atoms with E-state index < -0.39 is 5.92 Å². The molecule has 0 radical (unpaired) electrons. The molecule has 2 heterocycles. The van der Waals surface area contributed by atoms with Gasteiger partial charge in [0.1, 0.15) is 5.69 Å². The number of nitriles is 1. The lowest BCUT2D eigenvalue weighted by molar-refractivity contribution is -0.121. The van der Waals surface area contributed by atoms with Gasteiger partial charge in [-0.05, 0) is 25.5 Å². The van der Waals surface area contributed by atoms with E-state index >= 15 is 0 Å². The molecule has 0 spiro atoms. The topological polar surface area (TPSA) is 111 Å². The first-order valence-corrected chi connectivity index (χ1v) is 11.7. The number of rotatable bonds is 9. The average molecular weight is 453 g/mol. The van der Waals surface area contributed by atoms with Crippen LogP contribution in [0.4, 0.5) is 10.6 Å². The molecule has 176 valence electrons. The Kier molecular flexibility index (Phi) is 8.81. The summed E-state index contributed by atoms with van der Waals surface area (Å²) in [7, 11) is 0. The van der Waals surface area contributed by atoms with Crippen molar-refractivity contribution in [3.05, 3.63) is 30.0 Å². The van der Waals surface area contributed by atoms with Gasteiger partial charge in [-0.15, -0.1) is 0 Å². The molecule has 33 heavy (non-hydrogen) atoms. The number of nitrogens with zero attached hydrogens (tertiary/aromatic N) is 5. The van der Waals surface area contributed by atoms with Crippen LogP contribution in [-0.4, -0.2) is 66.2 Å². The molecule has 9 heteroatoms. The van der Waals surface area contributed by atoms with Gasteiger partial charge in [-0.3, -0.25) is 4.79 Å². The van der Waals surface area contributed by atoms with Gasteiger partial charge in [-0.25, -0.2) is 14.8 Å². The van der Waals surface area contributed by atoms with Crippen molar-refractivity contribution in [1.82, 2.24) is 20.2 Å². The summed E-state index contributed by atoms with van der Waals surface area (Å²) in [6.07, 6.45) is 3.83. The minimum absolute atomic E-state index is 0.330. The van der Waals surface area contributed by atoms with Crippen molar-refractivity contribution < 1.29 is 14.3 Å². The van der Waals surface area contributed by atoms with Gasteiger partial charge < -0.3 is 19.9 Å². The molecule has 0 saturated carbocycles. The largest absolute Gasteiger partial charge is 0.450 e. The van der Waals surface area contributed by atoms with Gasteiger partial charge in [-0.1, -0.05) is 38.3 Å². The van der Waals surface area contributed by atoms with Crippen molar-refractivity contribution in [3.8, 4) is 6.07 Å². The number of nitrogens with one attached hydrogen (secondary N) is 1. The van der Waals surface area contributed by atoms with E-state index in [0.717, 1.165) is 25.7 Å². The maximum Gasteiger partial charge on any atom is 0.409 e. The molecule has 1 fully saturated rings. The quantitative estimate of drug-likeness (QED) is 0.582. The number of fused-ring (bicyclic) bond motifs is 1. The Morgan fingerprint density at radius 1 is 1.09 bits per heavy atom. The summed E-state index contributed by atoms with van der Waals surface area (Å²) < 4.78 is 5.10. The van der Waals surface area contributed by atoms with Crippen molar-refractivity contribution in [2.75, 3.05) is 44.2 Å². The lowest BCUT2D eigenvalue weighted by Crippen LogP contribution is -2.49. The van der Waals surface area contributed by atoms with Crippen LogP contribution >= 0.6 is 0 Å². The molecule has 1 aliphatic rings. The molecule has 1 aliphatic heterocycles. The molecule has 1 aromatic heterocycles. The number of carbonyl (C=O) groups excluding carboxylic acids is 2. The zero-order valence-corrected chi connectivity index (χ0v) is 19.4. The Hall–Kier alpha value is -3.41. The number of anilines is 1. The molecular weight excluding hydrogens is 420 g/mol. The number of carbonyl (C=O) groups is 2. The highest BCUT2D eigenvalue weighted by molar-refractivity contribution is 5.88. The minimum atomic E-state index is -1.06. The number of aromatic nitrogens is 2. The maximum atomic E-state index is 12.9. The Morgan fingerprint density at radius 3 is 2.42 bits per heavy atom. The van der Waals surface area contributed by atoms with Crippen molar-refractivity contribution in [2.45, 2.75) is 45.4 Å². The first-order chi connectivity index (χ1) is 16.1. The van der Waals surface area contributed by atoms with E-state index in [9.17, 15) is 14.9 Å². The molecule has 1 saturated heterocycles. The van der Waals surface area contributed by atoms with Crippen LogP contribution in [0.3, 0.4) is 0 Å². The minimum Gasteiger partial charge on any atom is -0.450 e. The number of benzene rings is 1. The third-order valence-electron chi connectivity index (χ3n) is 5.68. The Balaban J connectivity index is 1.83. The molecule has 1 aromatic carbocycles. The van der Waals surface area contributed by atoms with Gasteiger partial charge in [0.25, 0.3) is 0 Å². The number of ether oxygens (including phenoxy) is 1. The summed E-state index contributed by atoms with van der Waals surface area (Å²) in [6, 6.07) is 9.55. The fourth-order valence-electron chi connectivity index (χ4n) is 3.86. The third kappa shape index (κ3) is 6.09. The number of hydrogen-bond acceptors (Lipinski definition) is 7. The van der Waals surface area contributed by atoms with E-state index in [4.69, 9.17) is 14.7 Å². The maximum absolute atomic E-state index is 12.9. The number of para-hydroxylation sites is 2. The first kappa shape index (κ1) is 24.2. The fourth-order valence-corrected chi connectivity index (χ4v) is 3.86. The van der Waals surface area contributed by atoms with Crippen molar-refractivity contribution in [2.24, 2.45) is 0 Å². The van der Waals surface area contributed by atoms with E-state index in [2.05, 4.69) is 18.3 Å². The SMILES string of the molecule is CCCCCCNC(=O)C(C#N)c1nc2ccccc2nc1N1CCN(C(=O)OCC)CC1. The molecule has 2 amide bonds. The van der Waals surface area contributed by atoms with Gasteiger partial charge in [0.2, 0.25) is 5.91 Å². The Morgan fingerprint density at radius 2 is 1.79 bits per heavy atom. The van der Waals surface area contributed by atoms with Crippen LogP contribution in [0.15, 0.2) is 24.3 Å². The van der Waals surface area contributed by atoms with Crippen LogP contribution in [0.5, 0.6) is 0 Å². The zero-order valence-electron chi connectivity index (χ0n) is 19.4. The van der Waals surface area contributed by atoms with Gasteiger partial charge in [-0.2, -0.15) is 5.26 Å². The predicted octanol–water partition coefficient (Wildman–Crippen LogP) is 3.21. The summed E-state index contributed by atoms with van der Waals surface area (Å²) in [4.78, 5) is 38.1. The summed E-state index contributed by atoms with van der Waals surface area (Å²) in [5.74, 6) is -0.902. The van der Waals surface area contributed by atoms with E-state index in [1.165, 1.54) is 0 Å². The molecule has 1 unspecified atom stereocenters. The van der Waals surface area contributed by atoms with E-state index in [-0.39, 0.29) is 12.0 Å². The molecule has 9 nitrogen and oxygen atoms in total. The summed E-state index contributed by atoms with van der Waals surface area (Å²) in [5, 5.41) is 12.8. The molecule has 0 aliphatic carbocycles. The summed E-state index contributed by atoms with van der Waals surface area (Å²) >= 11 is 0. The highest BCUT2D eigenvalue weighted by Crippen LogP contribution is 2.28. The van der Waals surface area contributed by atoms with Crippen molar-refractivity contribution in [1.29, 1.82) is 5.26 Å². The number of piperazine rings is 1. The number of hydrogen-bond donors (Lipinski definition) is 1. The van der Waals surface area contributed by atoms with Crippen molar-refractivity contribution >= 4 is 28.9 Å². The lowest BCUT2D eigenvalue weighted by atomic mass is 10.0. The van der Waals surface area contributed by atoms with Crippen LogP contribution < -0.4 is 10.2 Å². The third-order valence-corrected chi connectivity index (χ3v) is 5.68. The zero-order chi connectivity index (χ0) is 23.6. The van der Waals surface area contributed by atoms with Gasteiger partial charge in [0, 0.05) is 32.7 Å². The van der Waals surface area contributed by atoms with Crippen LogP contribution in [0, 0.1) is 11.3 Å². The van der Waals surface area contributed by atoms with E-state index in [0.29, 0.717) is 61.9 Å². The molecule has 2 aromatic rings. The Bertz CT molecular complexity index is 997. The van der Waals surface area contributed by atoms with Crippen molar-refractivity contribution in [3.63, 3.8) is 0 Å². The van der Waals surface area contributed by atoms with Gasteiger partial charge >= 0.3 is 6.09 Å². The lowest BCUT2D eigenvalue weighted by Gasteiger charge is -2.35. The monoisotopic (exact) mass is 452 g/mol. The molecule has 1 atom stereocenters. The second-order valence-corrected chi connectivity index (χ2v) is 8.01. The summed E-state index contributed by atoms with van der Waals surface area (Å²) in [6.45, 7) is 6.73. The standard InChI is InChI=1S/C24H32N6O3/c1-3-5-6-9-12-26-23(31)18(17-25)21-22(28-20-11-8-7-10-19(20)27-21)29-13-15-30(16-14-29)24(32)33-4-2/h7-8,10-11,18H,3-6,9,12-16H2,1-2H3,(H,26,31). The molecule has 0 bridgehead atoms. The van der Waals surface area contributed by atoms with E-state index in [1.807, 2.05) is 29.2 Å². The number of unbranched alkanes of at least 4 members (excludes halogenated alkanes) is 3. The average Bonchev–Trinajstić information content (AvgIpc) is 2.84. The van der Waals surface area contributed by atoms with Gasteiger partial charge in [0.05, 0.1) is 23.7 Å². The predicted molar refractivity (Wildman–Crippen MR) is 126 cm³/mol. The fraction of sp³-hybridized carbons (Fsp3) is 0.542. The molecule has 3 rings (SSSR count). The number of amides is 2. The second-order valence-electron chi connectivity index (χ2n) is 8.01. The second kappa shape index (κ2) is 12.0. The Labute approximate surface area is 194 Å². The van der Waals surface area contributed by atoms with Crippen LogP contribution in [0.2, 0.25) is 0 Å². The van der Waals surface area contributed by atoms with Crippen LogP contribution in [0.1, 0.15) is 51.1 Å². The highest BCUT2D eigenvalue weighted by Gasteiger charge is 2.31. The van der Waals surface area contributed by atoms with Crippen LogP contribution in [0.25, 0.3) is 11.0 Å². The molecular formula is C24H32N6O3. The van der Waals surface area contributed by atoms with Gasteiger partial charge in [0.15, 0.2) is 11.7 Å². The highest BCUT2D eigenvalue weighted by atomic mass is 16.6. The first-order valence-electron chi connectivity index (χ1n) is 11.7.